The Morgan fingerprint density at radius 1 is 1.19 bits per heavy atom. The SMILES string of the molecule is COc1ccc(/C=C/C(=O)NCCC(=O)Nc2ccc(Cl)cc2F)cc1. The third kappa shape index (κ3) is 6.22. The third-order valence-electron chi connectivity index (χ3n) is 3.40. The van der Waals surface area contributed by atoms with E-state index in [2.05, 4.69) is 10.6 Å². The van der Waals surface area contributed by atoms with E-state index in [-0.39, 0.29) is 29.6 Å². The third-order valence-corrected chi connectivity index (χ3v) is 3.63. The minimum atomic E-state index is -0.614. The highest BCUT2D eigenvalue weighted by atomic mass is 35.5. The first-order chi connectivity index (χ1) is 12.5. The van der Waals surface area contributed by atoms with Crippen LogP contribution in [0.5, 0.6) is 5.75 Å². The van der Waals surface area contributed by atoms with Crippen molar-refractivity contribution in [1.82, 2.24) is 5.32 Å². The summed E-state index contributed by atoms with van der Waals surface area (Å²) in [5.74, 6) is -0.621. The molecule has 136 valence electrons. The molecule has 0 aliphatic rings. The molecule has 2 amide bonds. The fraction of sp³-hybridized carbons (Fsp3) is 0.158. The van der Waals surface area contributed by atoms with Gasteiger partial charge >= 0.3 is 0 Å². The van der Waals surface area contributed by atoms with Crippen LogP contribution in [0.25, 0.3) is 6.08 Å². The number of rotatable bonds is 7. The van der Waals surface area contributed by atoms with E-state index < -0.39 is 11.7 Å². The molecule has 0 atom stereocenters. The van der Waals surface area contributed by atoms with E-state index in [0.717, 1.165) is 17.4 Å². The monoisotopic (exact) mass is 376 g/mol. The van der Waals surface area contributed by atoms with E-state index in [9.17, 15) is 14.0 Å². The number of hydrogen-bond acceptors (Lipinski definition) is 3. The Kier molecular flexibility index (Phi) is 7.17. The van der Waals surface area contributed by atoms with Crippen LogP contribution in [0, 0.1) is 5.82 Å². The highest BCUT2D eigenvalue weighted by Crippen LogP contribution is 2.18. The molecule has 0 aromatic heterocycles. The van der Waals surface area contributed by atoms with Gasteiger partial charge in [-0.1, -0.05) is 23.7 Å². The maximum absolute atomic E-state index is 13.6. The molecule has 7 heteroatoms. The van der Waals surface area contributed by atoms with Crippen molar-refractivity contribution in [2.24, 2.45) is 0 Å². The molecule has 0 unspecified atom stereocenters. The predicted molar refractivity (Wildman–Crippen MR) is 99.7 cm³/mol. The molecule has 0 saturated heterocycles. The number of ether oxygens (including phenoxy) is 1. The van der Waals surface area contributed by atoms with Gasteiger partial charge in [-0.2, -0.15) is 0 Å². The standard InChI is InChI=1S/C19H18ClFN2O3/c1-26-15-6-2-13(3-7-15)4-9-18(24)22-11-10-19(25)23-17-8-5-14(20)12-16(17)21/h2-9,12H,10-11H2,1H3,(H,22,24)(H,23,25)/b9-4+. The van der Waals surface area contributed by atoms with Gasteiger partial charge in [0.05, 0.1) is 12.8 Å². The Labute approximate surface area is 155 Å². The van der Waals surface area contributed by atoms with Gasteiger partial charge in [-0.3, -0.25) is 9.59 Å². The lowest BCUT2D eigenvalue weighted by Crippen LogP contribution is -2.26. The summed E-state index contributed by atoms with van der Waals surface area (Å²) >= 11 is 5.65. The summed E-state index contributed by atoms with van der Waals surface area (Å²) in [6.45, 7) is 0.132. The molecule has 2 rings (SSSR count). The number of halogens is 2. The van der Waals surface area contributed by atoms with E-state index in [0.29, 0.717) is 0 Å². The van der Waals surface area contributed by atoms with Gasteiger partial charge in [-0.05, 0) is 42.0 Å². The molecule has 0 saturated carbocycles. The van der Waals surface area contributed by atoms with Gasteiger partial charge in [0.2, 0.25) is 11.8 Å². The van der Waals surface area contributed by atoms with Gasteiger partial charge in [-0.25, -0.2) is 4.39 Å². The fourth-order valence-electron chi connectivity index (χ4n) is 2.05. The molecule has 5 nitrogen and oxygen atoms in total. The lowest BCUT2D eigenvalue weighted by Gasteiger charge is -2.07. The minimum Gasteiger partial charge on any atom is -0.497 e. The van der Waals surface area contributed by atoms with E-state index >= 15 is 0 Å². The van der Waals surface area contributed by atoms with Crippen LogP contribution in [-0.4, -0.2) is 25.5 Å². The van der Waals surface area contributed by atoms with Crippen LogP contribution in [0.2, 0.25) is 5.02 Å². The second-order valence-corrected chi connectivity index (χ2v) is 5.76. The smallest absolute Gasteiger partial charge is 0.244 e. The normalized spacial score (nSPS) is 10.6. The van der Waals surface area contributed by atoms with Gasteiger partial charge in [0.1, 0.15) is 11.6 Å². The number of amides is 2. The first-order valence-electron chi connectivity index (χ1n) is 7.83. The zero-order valence-corrected chi connectivity index (χ0v) is 14.8. The molecule has 26 heavy (non-hydrogen) atoms. The second-order valence-electron chi connectivity index (χ2n) is 5.32. The Morgan fingerprint density at radius 3 is 2.58 bits per heavy atom. The van der Waals surface area contributed by atoms with Gasteiger partial charge in [0.25, 0.3) is 0 Å². The van der Waals surface area contributed by atoms with Crippen molar-refractivity contribution in [3.8, 4) is 5.75 Å². The number of carbonyl (C=O) groups excluding carboxylic acids is 2. The maximum atomic E-state index is 13.6. The molecule has 0 bridgehead atoms. The number of nitrogens with one attached hydrogen (secondary N) is 2. The Bertz CT molecular complexity index is 807. The van der Waals surface area contributed by atoms with E-state index in [1.54, 1.807) is 25.3 Å². The molecule has 2 N–H and O–H groups in total. The van der Waals surface area contributed by atoms with Gasteiger partial charge in [0, 0.05) is 24.1 Å². The zero-order valence-electron chi connectivity index (χ0n) is 14.1. The molecule has 0 fully saturated rings. The molecule has 0 aliphatic carbocycles. The largest absolute Gasteiger partial charge is 0.497 e. The molecule has 0 spiro atoms. The van der Waals surface area contributed by atoms with E-state index in [4.69, 9.17) is 16.3 Å². The maximum Gasteiger partial charge on any atom is 0.244 e. The highest BCUT2D eigenvalue weighted by Gasteiger charge is 2.07. The van der Waals surface area contributed by atoms with Crippen molar-refractivity contribution in [3.63, 3.8) is 0 Å². The quantitative estimate of drug-likeness (QED) is 0.725. The van der Waals surface area contributed by atoms with Crippen LogP contribution in [0.4, 0.5) is 10.1 Å². The summed E-state index contributed by atoms with van der Waals surface area (Å²) in [6.07, 6.45) is 3.04. The average Bonchev–Trinajstić information content (AvgIpc) is 2.63. The molecule has 2 aromatic rings. The summed E-state index contributed by atoms with van der Waals surface area (Å²) < 4.78 is 18.6. The Balaban J connectivity index is 1.74. The van der Waals surface area contributed by atoms with Crippen LogP contribution in [0.15, 0.2) is 48.5 Å². The van der Waals surface area contributed by atoms with Crippen molar-refractivity contribution < 1.29 is 18.7 Å². The molecular weight excluding hydrogens is 359 g/mol. The predicted octanol–water partition coefficient (Wildman–Crippen LogP) is 3.65. The second kappa shape index (κ2) is 9.58. The van der Waals surface area contributed by atoms with Gasteiger partial charge in [-0.15, -0.1) is 0 Å². The van der Waals surface area contributed by atoms with Crippen LogP contribution >= 0.6 is 11.6 Å². The van der Waals surface area contributed by atoms with E-state index in [1.165, 1.54) is 18.2 Å². The molecule has 0 radical (unpaired) electrons. The minimum absolute atomic E-state index is 0.0180. The summed E-state index contributed by atoms with van der Waals surface area (Å²) in [4.78, 5) is 23.5. The number of anilines is 1. The van der Waals surface area contributed by atoms with Gasteiger partial charge in [0.15, 0.2) is 0 Å². The number of benzene rings is 2. The van der Waals surface area contributed by atoms with Crippen molar-refractivity contribution in [2.45, 2.75) is 6.42 Å². The summed E-state index contributed by atoms with van der Waals surface area (Å²) in [5, 5.41) is 5.26. The first-order valence-corrected chi connectivity index (χ1v) is 8.20. The van der Waals surface area contributed by atoms with Crippen molar-refractivity contribution in [2.75, 3.05) is 19.0 Å². The Hall–Kier alpha value is -2.86. The van der Waals surface area contributed by atoms with Crippen molar-refractivity contribution in [3.05, 3.63) is 64.9 Å². The van der Waals surface area contributed by atoms with Gasteiger partial charge < -0.3 is 15.4 Å². The summed E-state index contributed by atoms with van der Waals surface area (Å²) in [7, 11) is 1.58. The fourth-order valence-corrected chi connectivity index (χ4v) is 2.21. The van der Waals surface area contributed by atoms with Crippen molar-refractivity contribution in [1.29, 1.82) is 0 Å². The first kappa shape index (κ1) is 19.5. The van der Waals surface area contributed by atoms with E-state index in [1.807, 2.05) is 12.1 Å². The lowest BCUT2D eigenvalue weighted by atomic mass is 10.2. The van der Waals surface area contributed by atoms with Crippen molar-refractivity contribution >= 4 is 35.2 Å². The molecule has 2 aromatic carbocycles. The molecule has 0 aliphatic heterocycles. The molecule has 0 heterocycles. The number of carbonyl (C=O) groups is 2. The Morgan fingerprint density at radius 2 is 1.92 bits per heavy atom. The van der Waals surface area contributed by atoms with Crippen LogP contribution in [0.1, 0.15) is 12.0 Å². The summed E-state index contributed by atoms with van der Waals surface area (Å²) in [5.41, 5.74) is 0.891. The highest BCUT2D eigenvalue weighted by molar-refractivity contribution is 6.30. The lowest BCUT2D eigenvalue weighted by molar-refractivity contribution is -0.117. The number of hydrogen-bond donors (Lipinski definition) is 2. The molecular formula is C19H18ClFN2O3. The topological polar surface area (TPSA) is 67.4 Å². The zero-order chi connectivity index (χ0) is 18.9. The van der Waals surface area contributed by atoms with Crippen LogP contribution in [0.3, 0.4) is 0 Å². The average molecular weight is 377 g/mol. The van der Waals surface area contributed by atoms with Crippen LogP contribution in [-0.2, 0) is 9.59 Å². The summed E-state index contributed by atoms with van der Waals surface area (Å²) in [6, 6.07) is 11.2. The number of methoxy groups -OCH3 is 1. The van der Waals surface area contributed by atoms with Crippen LogP contribution < -0.4 is 15.4 Å².